The Morgan fingerprint density at radius 3 is 2.71 bits per heavy atom. The summed E-state index contributed by atoms with van der Waals surface area (Å²) in [6.45, 7) is 3.48. The molecule has 0 spiro atoms. The average molecular weight is 225 g/mol. The number of nitrogens with one attached hydrogen (secondary N) is 1. The molecule has 0 aromatic rings. The molecule has 0 saturated heterocycles. The Labute approximate surface area is 86.3 Å². The first kappa shape index (κ1) is 14.2. The van der Waals surface area contributed by atoms with E-state index in [4.69, 9.17) is 14.2 Å². The molecule has 0 amide bonds. The normalized spacial score (nSPS) is 15.4. The molecule has 2 unspecified atom stereocenters. The van der Waals surface area contributed by atoms with Crippen molar-refractivity contribution >= 4 is 8.38 Å². The zero-order chi connectivity index (χ0) is 10.8. The molecule has 0 fully saturated rings. The van der Waals surface area contributed by atoms with Crippen LogP contribution in [0.4, 0.5) is 0 Å². The van der Waals surface area contributed by atoms with Crippen LogP contribution in [0.2, 0.25) is 0 Å². The van der Waals surface area contributed by atoms with Gasteiger partial charge in [0, 0.05) is 13.3 Å². The second-order valence-electron chi connectivity index (χ2n) is 2.95. The molecule has 3 N–H and O–H groups in total. The Bertz CT molecular complexity index is 126. The third-order valence-electron chi connectivity index (χ3n) is 1.48. The van der Waals surface area contributed by atoms with E-state index in [9.17, 15) is 5.11 Å². The van der Waals surface area contributed by atoms with E-state index in [2.05, 4.69) is 5.32 Å². The predicted octanol–water partition coefficient (Wildman–Crippen LogP) is -0.0760. The number of rotatable bonds is 9. The van der Waals surface area contributed by atoms with E-state index in [1.54, 1.807) is 6.66 Å². The highest BCUT2D eigenvalue weighted by Crippen LogP contribution is 2.24. The van der Waals surface area contributed by atoms with Gasteiger partial charge in [-0.2, -0.15) is 0 Å². The molecule has 86 valence electrons. The molecule has 0 aromatic carbocycles. The maximum absolute atomic E-state index is 9.29. The SMILES string of the molecule is CNCCCOCC(O)COP(C)O. The molecule has 0 heterocycles. The van der Waals surface area contributed by atoms with Gasteiger partial charge in [-0.3, -0.25) is 0 Å². The van der Waals surface area contributed by atoms with E-state index in [0.29, 0.717) is 6.61 Å². The quantitative estimate of drug-likeness (QED) is 0.378. The molecule has 2 atom stereocenters. The summed E-state index contributed by atoms with van der Waals surface area (Å²) in [5.74, 6) is 0. The zero-order valence-electron chi connectivity index (χ0n) is 8.77. The Morgan fingerprint density at radius 1 is 1.43 bits per heavy atom. The second-order valence-corrected chi connectivity index (χ2v) is 4.13. The Morgan fingerprint density at radius 2 is 2.14 bits per heavy atom. The molecule has 5 nitrogen and oxygen atoms in total. The van der Waals surface area contributed by atoms with Crippen LogP contribution in [0.5, 0.6) is 0 Å². The second kappa shape index (κ2) is 9.77. The Hall–Kier alpha value is 0.230. The monoisotopic (exact) mass is 225 g/mol. The minimum absolute atomic E-state index is 0.130. The highest BCUT2D eigenvalue weighted by Gasteiger charge is 2.06. The van der Waals surface area contributed by atoms with Gasteiger partial charge in [0.1, 0.15) is 6.10 Å². The molecule has 14 heavy (non-hydrogen) atoms. The van der Waals surface area contributed by atoms with Gasteiger partial charge in [0.2, 0.25) is 0 Å². The van der Waals surface area contributed by atoms with Crippen LogP contribution < -0.4 is 5.32 Å². The Balaban J connectivity index is 3.14. The fourth-order valence-corrected chi connectivity index (χ4v) is 1.20. The van der Waals surface area contributed by atoms with Crippen LogP contribution >= 0.6 is 8.38 Å². The van der Waals surface area contributed by atoms with Crippen molar-refractivity contribution in [2.45, 2.75) is 12.5 Å². The van der Waals surface area contributed by atoms with Crippen molar-refractivity contribution in [3.8, 4) is 0 Å². The largest absolute Gasteiger partial charge is 0.388 e. The van der Waals surface area contributed by atoms with Crippen LogP contribution in [-0.2, 0) is 9.26 Å². The zero-order valence-corrected chi connectivity index (χ0v) is 9.67. The number of hydrogen-bond donors (Lipinski definition) is 3. The molecule has 0 aromatic heterocycles. The van der Waals surface area contributed by atoms with Gasteiger partial charge in [-0.25, -0.2) is 0 Å². The lowest BCUT2D eigenvalue weighted by Gasteiger charge is -2.12. The molecule has 0 saturated carbocycles. The van der Waals surface area contributed by atoms with E-state index in [0.717, 1.165) is 13.0 Å². The van der Waals surface area contributed by atoms with Gasteiger partial charge in [0.25, 0.3) is 0 Å². The smallest absolute Gasteiger partial charge is 0.164 e. The van der Waals surface area contributed by atoms with Crippen LogP contribution in [0.15, 0.2) is 0 Å². The summed E-state index contributed by atoms with van der Waals surface area (Å²) in [5.41, 5.74) is 0. The summed E-state index contributed by atoms with van der Waals surface area (Å²) >= 11 is 0. The molecular formula is C8H20NO4P. The van der Waals surface area contributed by atoms with Gasteiger partial charge in [-0.05, 0) is 20.0 Å². The number of aliphatic hydroxyl groups is 1. The van der Waals surface area contributed by atoms with Crippen LogP contribution in [0.25, 0.3) is 0 Å². The predicted molar refractivity (Wildman–Crippen MR) is 56.4 cm³/mol. The molecule has 0 aliphatic heterocycles. The minimum Gasteiger partial charge on any atom is -0.388 e. The lowest BCUT2D eigenvalue weighted by molar-refractivity contribution is 0.0122. The molecule has 0 radical (unpaired) electrons. The van der Waals surface area contributed by atoms with Gasteiger partial charge in [-0.1, -0.05) is 0 Å². The van der Waals surface area contributed by atoms with E-state index in [1.165, 1.54) is 0 Å². The number of hydrogen-bond acceptors (Lipinski definition) is 5. The summed E-state index contributed by atoms with van der Waals surface area (Å²) in [6.07, 6.45) is 0.270. The van der Waals surface area contributed by atoms with E-state index >= 15 is 0 Å². The molecule has 0 bridgehead atoms. The highest BCUT2D eigenvalue weighted by molar-refractivity contribution is 7.45. The summed E-state index contributed by atoms with van der Waals surface area (Å²) in [4.78, 5) is 8.83. The fraction of sp³-hybridized carbons (Fsp3) is 1.00. The molecule has 6 heteroatoms. The molecule has 0 aliphatic carbocycles. The Kier molecular flexibility index (Phi) is 9.93. The summed E-state index contributed by atoms with van der Waals surface area (Å²) in [7, 11) is 0.500. The van der Waals surface area contributed by atoms with E-state index in [-0.39, 0.29) is 13.2 Å². The lowest BCUT2D eigenvalue weighted by atomic mass is 10.4. The molecular weight excluding hydrogens is 205 g/mol. The van der Waals surface area contributed by atoms with Crippen molar-refractivity contribution in [3.63, 3.8) is 0 Å². The maximum atomic E-state index is 9.29. The van der Waals surface area contributed by atoms with Gasteiger partial charge in [0.15, 0.2) is 8.38 Å². The maximum Gasteiger partial charge on any atom is 0.164 e. The average Bonchev–Trinajstić information content (AvgIpc) is 2.14. The van der Waals surface area contributed by atoms with Crippen molar-refractivity contribution < 1.29 is 19.3 Å². The number of aliphatic hydroxyl groups excluding tert-OH is 1. The first-order chi connectivity index (χ1) is 6.66. The topological polar surface area (TPSA) is 71.0 Å². The minimum atomic E-state index is -1.38. The van der Waals surface area contributed by atoms with Crippen molar-refractivity contribution in [2.24, 2.45) is 0 Å². The van der Waals surface area contributed by atoms with Gasteiger partial charge >= 0.3 is 0 Å². The van der Waals surface area contributed by atoms with E-state index < -0.39 is 14.5 Å². The van der Waals surface area contributed by atoms with Crippen LogP contribution in [-0.4, -0.2) is 56.2 Å². The van der Waals surface area contributed by atoms with Crippen LogP contribution in [0, 0.1) is 0 Å². The lowest BCUT2D eigenvalue weighted by Crippen LogP contribution is -2.21. The standard InChI is InChI=1S/C8H20NO4P/c1-9-4-3-5-12-6-8(10)7-13-14(2)11/h8-11H,3-7H2,1-2H3. The first-order valence-corrected chi connectivity index (χ1v) is 6.28. The van der Waals surface area contributed by atoms with Crippen molar-refractivity contribution in [1.29, 1.82) is 0 Å². The van der Waals surface area contributed by atoms with Gasteiger partial charge in [-0.15, -0.1) is 0 Å². The van der Waals surface area contributed by atoms with Gasteiger partial charge < -0.3 is 24.6 Å². The van der Waals surface area contributed by atoms with Crippen molar-refractivity contribution in [2.75, 3.05) is 40.1 Å². The number of ether oxygens (including phenoxy) is 1. The third kappa shape index (κ3) is 10.3. The molecule has 0 aliphatic rings. The third-order valence-corrected chi connectivity index (χ3v) is 2.00. The van der Waals surface area contributed by atoms with Crippen molar-refractivity contribution in [3.05, 3.63) is 0 Å². The first-order valence-electron chi connectivity index (χ1n) is 4.62. The van der Waals surface area contributed by atoms with Gasteiger partial charge in [0.05, 0.1) is 13.2 Å². The summed E-state index contributed by atoms with van der Waals surface area (Å²) in [6, 6.07) is 0. The van der Waals surface area contributed by atoms with Crippen LogP contribution in [0.3, 0.4) is 0 Å². The highest BCUT2D eigenvalue weighted by atomic mass is 31.2. The summed E-state index contributed by atoms with van der Waals surface area (Å²) < 4.78 is 10.0. The van der Waals surface area contributed by atoms with E-state index in [1.807, 2.05) is 7.05 Å². The fourth-order valence-electron chi connectivity index (χ4n) is 0.812. The van der Waals surface area contributed by atoms with Crippen LogP contribution in [0.1, 0.15) is 6.42 Å². The molecule has 0 rings (SSSR count). The summed E-state index contributed by atoms with van der Waals surface area (Å²) in [5, 5.41) is 12.3. The van der Waals surface area contributed by atoms with Crippen molar-refractivity contribution in [1.82, 2.24) is 5.32 Å².